The molecule has 0 aliphatic carbocycles. The van der Waals surface area contributed by atoms with Crippen LogP contribution in [0.4, 0.5) is 0 Å². The number of carboxylic acids is 1. The van der Waals surface area contributed by atoms with Gasteiger partial charge in [-0.05, 0) is 23.8 Å². The van der Waals surface area contributed by atoms with Gasteiger partial charge in [0.25, 0.3) is 0 Å². The summed E-state index contributed by atoms with van der Waals surface area (Å²) in [6.45, 7) is 0.108. The molecule has 0 radical (unpaired) electrons. The molecule has 0 saturated heterocycles. The molecule has 20 heavy (non-hydrogen) atoms. The first-order valence-corrected chi connectivity index (χ1v) is 6.30. The zero-order chi connectivity index (χ0) is 14.4. The van der Waals surface area contributed by atoms with Gasteiger partial charge >= 0.3 is 5.97 Å². The van der Waals surface area contributed by atoms with Crippen LogP contribution in [-0.4, -0.2) is 27.6 Å². The third-order valence-corrected chi connectivity index (χ3v) is 3.03. The van der Waals surface area contributed by atoms with E-state index >= 15 is 0 Å². The molecule has 0 saturated carbocycles. The van der Waals surface area contributed by atoms with Gasteiger partial charge in [0.1, 0.15) is 0 Å². The quantitative estimate of drug-likeness (QED) is 0.588. The molecule has 3 rings (SSSR count). The molecule has 0 amide bonds. The van der Waals surface area contributed by atoms with Crippen LogP contribution in [-0.2, 0) is 4.79 Å². The molecule has 0 bridgehead atoms. The van der Waals surface area contributed by atoms with E-state index in [1.165, 1.54) is 0 Å². The molecule has 0 fully saturated rings. The highest BCUT2D eigenvalue weighted by Crippen LogP contribution is 2.24. The SMILES string of the molecule is NCC(C(=O)O)c1c[nH]c2ccccc12.c1cc[nH]c1. The number of benzene rings is 1. The Morgan fingerprint density at radius 1 is 1.20 bits per heavy atom. The van der Waals surface area contributed by atoms with E-state index in [1.54, 1.807) is 6.20 Å². The van der Waals surface area contributed by atoms with Crippen LogP contribution >= 0.6 is 0 Å². The number of carbonyl (C=O) groups is 1. The Balaban J connectivity index is 0.000000247. The Morgan fingerprint density at radius 3 is 2.45 bits per heavy atom. The monoisotopic (exact) mass is 271 g/mol. The fourth-order valence-electron chi connectivity index (χ4n) is 2.02. The summed E-state index contributed by atoms with van der Waals surface area (Å²) in [6, 6.07) is 11.5. The minimum absolute atomic E-state index is 0.108. The number of para-hydroxylation sites is 1. The molecule has 1 atom stereocenters. The van der Waals surface area contributed by atoms with Crippen molar-refractivity contribution in [3.63, 3.8) is 0 Å². The zero-order valence-corrected chi connectivity index (χ0v) is 10.9. The number of H-pyrrole nitrogens is 2. The molecule has 1 aromatic carbocycles. The molecule has 5 N–H and O–H groups in total. The Hall–Kier alpha value is -2.53. The standard InChI is InChI=1S/C11H12N2O2.C4H5N/c12-5-8(11(14)15)9-6-13-10-4-2-1-3-7(9)10;1-2-4-5-3-1/h1-4,6,8,13H,5,12H2,(H,14,15);1-5H. The lowest BCUT2D eigenvalue weighted by molar-refractivity contribution is -0.138. The van der Waals surface area contributed by atoms with Crippen molar-refractivity contribution in [3.8, 4) is 0 Å². The molecule has 0 aliphatic heterocycles. The van der Waals surface area contributed by atoms with Crippen LogP contribution in [0.25, 0.3) is 10.9 Å². The van der Waals surface area contributed by atoms with Gasteiger partial charge in [0.15, 0.2) is 0 Å². The lowest BCUT2D eigenvalue weighted by Gasteiger charge is -2.07. The van der Waals surface area contributed by atoms with E-state index in [0.717, 1.165) is 16.5 Å². The van der Waals surface area contributed by atoms with E-state index in [9.17, 15) is 4.79 Å². The number of hydrogen-bond acceptors (Lipinski definition) is 2. The maximum absolute atomic E-state index is 11.0. The Bertz CT molecular complexity index is 641. The molecule has 1 unspecified atom stereocenters. The number of aromatic nitrogens is 2. The number of nitrogens with two attached hydrogens (primary N) is 1. The number of nitrogens with one attached hydrogen (secondary N) is 2. The number of fused-ring (bicyclic) bond motifs is 1. The van der Waals surface area contributed by atoms with Crippen LogP contribution in [0.1, 0.15) is 11.5 Å². The molecule has 5 heteroatoms. The van der Waals surface area contributed by atoms with E-state index in [1.807, 2.05) is 48.8 Å². The van der Waals surface area contributed by atoms with Crippen LogP contribution in [0.5, 0.6) is 0 Å². The first-order valence-electron chi connectivity index (χ1n) is 6.30. The van der Waals surface area contributed by atoms with Gasteiger partial charge in [0.05, 0.1) is 5.92 Å². The third kappa shape index (κ3) is 3.07. The second-order valence-electron chi connectivity index (χ2n) is 4.30. The fraction of sp³-hybridized carbons (Fsp3) is 0.133. The second-order valence-corrected chi connectivity index (χ2v) is 4.30. The van der Waals surface area contributed by atoms with Crippen LogP contribution < -0.4 is 5.73 Å². The van der Waals surface area contributed by atoms with Gasteiger partial charge in [0.2, 0.25) is 0 Å². The number of rotatable bonds is 3. The van der Waals surface area contributed by atoms with E-state index in [4.69, 9.17) is 10.8 Å². The van der Waals surface area contributed by atoms with Crippen molar-refractivity contribution in [2.75, 3.05) is 6.54 Å². The van der Waals surface area contributed by atoms with Crippen molar-refractivity contribution in [3.05, 3.63) is 60.6 Å². The average molecular weight is 271 g/mol. The number of carboxylic acid groups (broad SMARTS) is 1. The first kappa shape index (κ1) is 13.9. The van der Waals surface area contributed by atoms with Gasteiger partial charge in [-0.2, -0.15) is 0 Å². The molecular weight excluding hydrogens is 254 g/mol. The van der Waals surface area contributed by atoms with Crippen molar-refractivity contribution >= 4 is 16.9 Å². The van der Waals surface area contributed by atoms with Crippen LogP contribution in [0.3, 0.4) is 0 Å². The van der Waals surface area contributed by atoms with E-state index < -0.39 is 11.9 Å². The van der Waals surface area contributed by atoms with Crippen molar-refractivity contribution in [1.29, 1.82) is 0 Å². The molecule has 5 nitrogen and oxygen atoms in total. The van der Waals surface area contributed by atoms with Gasteiger partial charge in [-0.3, -0.25) is 4.79 Å². The molecule has 104 valence electrons. The summed E-state index contributed by atoms with van der Waals surface area (Å²) in [5, 5.41) is 9.94. The number of aromatic amines is 2. The molecule has 3 aromatic rings. The highest BCUT2D eigenvalue weighted by molar-refractivity contribution is 5.89. The Labute approximate surface area is 116 Å². The molecule has 0 spiro atoms. The number of aliphatic carboxylic acids is 1. The van der Waals surface area contributed by atoms with Gasteiger partial charge in [0, 0.05) is 36.0 Å². The van der Waals surface area contributed by atoms with E-state index in [-0.39, 0.29) is 6.54 Å². The average Bonchev–Trinajstić information content (AvgIpc) is 3.12. The lowest BCUT2D eigenvalue weighted by atomic mass is 9.99. The maximum Gasteiger partial charge on any atom is 0.312 e. The van der Waals surface area contributed by atoms with Gasteiger partial charge in [-0.15, -0.1) is 0 Å². The summed E-state index contributed by atoms with van der Waals surface area (Å²) >= 11 is 0. The fourth-order valence-corrected chi connectivity index (χ4v) is 2.02. The van der Waals surface area contributed by atoms with E-state index in [2.05, 4.69) is 9.97 Å². The molecule has 2 heterocycles. The van der Waals surface area contributed by atoms with Crippen molar-refractivity contribution in [2.24, 2.45) is 5.73 Å². The van der Waals surface area contributed by atoms with Crippen LogP contribution in [0.15, 0.2) is 55.0 Å². The number of hydrogen-bond donors (Lipinski definition) is 4. The van der Waals surface area contributed by atoms with Gasteiger partial charge < -0.3 is 20.8 Å². The highest BCUT2D eigenvalue weighted by Gasteiger charge is 2.20. The summed E-state index contributed by atoms with van der Waals surface area (Å²) in [5.74, 6) is -1.52. The van der Waals surface area contributed by atoms with Gasteiger partial charge in [-0.1, -0.05) is 18.2 Å². The summed E-state index contributed by atoms with van der Waals surface area (Å²) in [4.78, 5) is 16.9. The minimum Gasteiger partial charge on any atom is -0.481 e. The Morgan fingerprint density at radius 2 is 1.90 bits per heavy atom. The van der Waals surface area contributed by atoms with Crippen molar-refractivity contribution < 1.29 is 9.90 Å². The van der Waals surface area contributed by atoms with Crippen molar-refractivity contribution in [2.45, 2.75) is 5.92 Å². The van der Waals surface area contributed by atoms with Crippen molar-refractivity contribution in [1.82, 2.24) is 9.97 Å². The molecule has 0 aliphatic rings. The largest absolute Gasteiger partial charge is 0.481 e. The predicted molar refractivity (Wildman–Crippen MR) is 78.5 cm³/mol. The lowest BCUT2D eigenvalue weighted by Crippen LogP contribution is -2.20. The Kier molecular flexibility index (Phi) is 4.57. The normalized spacial score (nSPS) is 11.7. The van der Waals surface area contributed by atoms with Crippen LogP contribution in [0.2, 0.25) is 0 Å². The molecular formula is C15H17N3O2. The van der Waals surface area contributed by atoms with Gasteiger partial charge in [-0.25, -0.2) is 0 Å². The first-order chi connectivity index (χ1) is 9.74. The summed E-state index contributed by atoms with van der Waals surface area (Å²) in [7, 11) is 0. The summed E-state index contributed by atoms with van der Waals surface area (Å²) in [6.07, 6.45) is 5.47. The topological polar surface area (TPSA) is 94.9 Å². The summed E-state index contributed by atoms with van der Waals surface area (Å²) in [5.41, 5.74) is 7.15. The summed E-state index contributed by atoms with van der Waals surface area (Å²) < 4.78 is 0. The minimum atomic E-state index is -0.887. The third-order valence-electron chi connectivity index (χ3n) is 3.03. The van der Waals surface area contributed by atoms with Crippen LogP contribution in [0, 0.1) is 0 Å². The smallest absolute Gasteiger partial charge is 0.312 e. The predicted octanol–water partition coefficient (Wildman–Crippen LogP) is 2.31. The van der Waals surface area contributed by atoms with E-state index in [0.29, 0.717) is 0 Å². The maximum atomic E-state index is 11.0. The second kappa shape index (κ2) is 6.58. The molecule has 2 aromatic heterocycles. The highest BCUT2D eigenvalue weighted by atomic mass is 16.4. The zero-order valence-electron chi connectivity index (χ0n) is 10.9.